The standard InChI is InChI=1S/C21H23N3O4/c1-3-27-18-6-5-15(14-19(18)28-4-2)9-12-24-20(25)17(23-21(24)26)13-16-7-10-22-11-8-16/h5-8,10-11,13-14H,3-4,9,12H2,1-2H3,(H,23,26)/b17-13-. The molecule has 0 radical (unpaired) electrons. The first-order valence-electron chi connectivity index (χ1n) is 9.25. The zero-order valence-corrected chi connectivity index (χ0v) is 16.0. The van der Waals surface area contributed by atoms with Crippen molar-refractivity contribution in [3.8, 4) is 11.5 Å². The third kappa shape index (κ3) is 4.49. The van der Waals surface area contributed by atoms with Crippen LogP contribution in [0.2, 0.25) is 0 Å². The van der Waals surface area contributed by atoms with Gasteiger partial charge in [0.1, 0.15) is 5.70 Å². The van der Waals surface area contributed by atoms with Gasteiger partial charge < -0.3 is 14.8 Å². The third-order valence-electron chi connectivity index (χ3n) is 4.21. The van der Waals surface area contributed by atoms with E-state index in [2.05, 4.69) is 10.3 Å². The van der Waals surface area contributed by atoms with E-state index in [0.717, 1.165) is 11.1 Å². The number of aromatic nitrogens is 1. The maximum absolute atomic E-state index is 12.6. The molecule has 28 heavy (non-hydrogen) atoms. The van der Waals surface area contributed by atoms with Crippen LogP contribution in [0, 0.1) is 0 Å². The van der Waals surface area contributed by atoms with Crippen LogP contribution in [0.15, 0.2) is 48.4 Å². The Hall–Kier alpha value is -3.35. The molecule has 2 aromatic rings. The number of nitrogens with one attached hydrogen (secondary N) is 1. The van der Waals surface area contributed by atoms with E-state index >= 15 is 0 Å². The highest BCUT2D eigenvalue weighted by atomic mass is 16.5. The van der Waals surface area contributed by atoms with E-state index in [4.69, 9.17) is 9.47 Å². The van der Waals surface area contributed by atoms with Crippen LogP contribution in [0.4, 0.5) is 4.79 Å². The average molecular weight is 381 g/mol. The number of pyridine rings is 1. The van der Waals surface area contributed by atoms with Gasteiger partial charge in [0, 0.05) is 18.9 Å². The average Bonchev–Trinajstić information content (AvgIpc) is 2.96. The number of ether oxygens (including phenoxy) is 2. The summed E-state index contributed by atoms with van der Waals surface area (Å²) >= 11 is 0. The fourth-order valence-electron chi connectivity index (χ4n) is 2.89. The minimum absolute atomic E-state index is 0.262. The lowest BCUT2D eigenvalue weighted by Crippen LogP contribution is -2.32. The highest BCUT2D eigenvalue weighted by Crippen LogP contribution is 2.29. The predicted molar refractivity (Wildman–Crippen MR) is 105 cm³/mol. The maximum Gasteiger partial charge on any atom is 0.329 e. The Labute approximate surface area is 164 Å². The summed E-state index contributed by atoms with van der Waals surface area (Å²) in [5.41, 5.74) is 2.02. The lowest BCUT2D eigenvalue weighted by atomic mass is 10.1. The Bertz CT molecular complexity index is 880. The van der Waals surface area contributed by atoms with Gasteiger partial charge in [-0.3, -0.25) is 14.7 Å². The number of nitrogens with zero attached hydrogens (tertiary/aromatic N) is 2. The van der Waals surface area contributed by atoms with Crippen molar-refractivity contribution in [2.45, 2.75) is 20.3 Å². The van der Waals surface area contributed by atoms with Crippen molar-refractivity contribution >= 4 is 18.0 Å². The highest BCUT2D eigenvalue weighted by Gasteiger charge is 2.33. The predicted octanol–water partition coefficient (Wildman–Crippen LogP) is 3.01. The zero-order chi connectivity index (χ0) is 19.9. The second-order valence-corrected chi connectivity index (χ2v) is 6.12. The molecule has 0 saturated carbocycles. The van der Waals surface area contributed by atoms with Crippen LogP contribution in [-0.4, -0.2) is 41.6 Å². The number of carbonyl (C=O) groups is 2. The molecule has 1 fully saturated rings. The molecular weight excluding hydrogens is 358 g/mol. The number of carbonyl (C=O) groups excluding carboxylic acids is 2. The van der Waals surface area contributed by atoms with E-state index in [1.54, 1.807) is 30.6 Å². The summed E-state index contributed by atoms with van der Waals surface area (Å²) in [6, 6.07) is 8.78. The molecule has 1 aromatic carbocycles. The molecule has 0 spiro atoms. The molecule has 2 heterocycles. The molecule has 1 saturated heterocycles. The highest BCUT2D eigenvalue weighted by molar-refractivity contribution is 6.13. The molecule has 3 rings (SSSR count). The monoisotopic (exact) mass is 381 g/mol. The number of rotatable bonds is 8. The Morgan fingerprint density at radius 2 is 1.75 bits per heavy atom. The molecule has 7 nitrogen and oxygen atoms in total. The third-order valence-corrected chi connectivity index (χ3v) is 4.21. The van der Waals surface area contributed by atoms with Gasteiger partial charge in [-0.15, -0.1) is 0 Å². The van der Waals surface area contributed by atoms with Crippen molar-refractivity contribution < 1.29 is 19.1 Å². The summed E-state index contributed by atoms with van der Waals surface area (Å²) in [6.45, 7) is 5.18. The van der Waals surface area contributed by atoms with Gasteiger partial charge >= 0.3 is 6.03 Å². The minimum Gasteiger partial charge on any atom is -0.490 e. The second kappa shape index (κ2) is 9.03. The van der Waals surface area contributed by atoms with Crippen molar-refractivity contribution in [1.29, 1.82) is 0 Å². The first kappa shape index (κ1) is 19.4. The van der Waals surface area contributed by atoms with Gasteiger partial charge in [-0.1, -0.05) is 6.07 Å². The lowest BCUT2D eigenvalue weighted by Gasteiger charge is -2.14. The molecule has 1 N–H and O–H groups in total. The molecule has 146 valence electrons. The van der Waals surface area contributed by atoms with Crippen LogP contribution < -0.4 is 14.8 Å². The fourth-order valence-corrected chi connectivity index (χ4v) is 2.89. The first-order valence-corrected chi connectivity index (χ1v) is 9.25. The minimum atomic E-state index is -0.415. The van der Waals surface area contributed by atoms with Gasteiger partial charge in [-0.25, -0.2) is 4.79 Å². The zero-order valence-electron chi connectivity index (χ0n) is 16.0. The molecule has 0 bridgehead atoms. The summed E-state index contributed by atoms with van der Waals surface area (Å²) in [4.78, 5) is 29.9. The van der Waals surface area contributed by atoms with E-state index in [0.29, 0.717) is 31.1 Å². The quantitative estimate of drug-likeness (QED) is 0.562. The van der Waals surface area contributed by atoms with Crippen LogP contribution in [-0.2, 0) is 11.2 Å². The number of imide groups is 1. The summed E-state index contributed by atoms with van der Waals surface area (Å²) in [6.07, 6.45) is 5.43. The van der Waals surface area contributed by atoms with Crippen LogP contribution in [0.1, 0.15) is 25.0 Å². The van der Waals surface area contributed by atoms with Crippen LogP contribution in [0.5, 0.6) is 11.5 Å². The molecule has 7 heteroatoms. The molecule has 0 atom stereocenters. The molecule has 0 aliphatic carbocycles. The van der Waals surface area contributed by atoms with Gasteiger partial charge in [0.2, 0.25) is 0 Å². The van der Waals surface area contributed by atoms with Crippen molar-refractivity contribution in [2.75, 3.05) is 19.8 Å². The fraction of sp³-hybridized carbons (Fsp3) is 0.286. The van der Waals surface area contributed by atoms with Crippen molar-refractivity contribution in [1.82, 2.24) is 15.2 Å². The number of benzene rings is 1. The van der Waals surface area contributed by atoms with Gasteiger partial charge in [0.15, 0.2) is 11.5 Å². The van der Waals surface area contributed by atoms with Crippen LogP contribution in [0.25, 0.3) is 6.08 Å². The van der Waals surface area contributed by atoms with Gasteiger partial charge in [0.05, 0.1) is 13.2 Å². The first-order chi connectivity index (χ1) is 13.6. The molecular formula is C21H23N3O4. The van der Waals surface area contributed by atoms with Gasteiger partial charge in [0.25, 0.3) is 5.91 Å². The topological polar surface area (TPSA) is 80.8 Å². The maximum atomic E-state index is 12.6. The van der Waals surface area contributed by atoms with Crippen molar-refractivity contribution in [3.05, 3.63) is 59.5 Å². The Kier molecular flexibility index (Phi) is 6.26. The SMILES string of the molecule is CCOc1ccc(CCN2C(=O)N/C(=C\c3ccncc3)C2=O)cc1OCC. The molecule has 1 aliphatic heterocycles. The smallest absolute Gasteiger partial charge is 0.329 e. The molecule has 1 aromatic heterocycles. The Morgan fingerprint density at radius 3 is 2.46 bits per heavy atom. The molecule has 0 unspecified atom stereocenters. The van der Waals surface area contributed by atoms with E-state index < -0.39 is 6.03 Å². The van der Waals surface area contributed by atoms with E-state index in [-0.39, 0.29) is 18.1 Å². The summed E-state index contributed by atoms with van der Waals surface area (Å²) in [7, 11) is 0. The lowest BCUT2D eigenvalue weighted by molar-refractivity contribution is -0.122. The van der Waals surface area contributed by atoms with E-state index in [9.17, 15) is 9.59 Å². The molecule has 1 aliphatic rings. The Balaban J connectivity index is 1.69. The second-order valence-electron chi connectivity index (χ2n) is 6.12. The van der Waals surface area contributed by atoms with Crippen molar-refractivity contribution in [2.24, 2.45) is 0 Å². The number of hydrogen-bond acceptors (Lipinski definition) is 5. The summed E-state index contributed by atoms with van der Waals surface area (Å²) in [5, 5.41) is 2.63. The van der Waals surface area contributed by atoms with E-state index in [1.165, 1.54) is 4.90 Å². The number of hydrogen-bond donors (Lipinski definition) is 1. The van der Waals surface area contributed by atoms with Gasteiger partial charge in [-0.05, 0) is 61.7 Å². The largest absolute Gasteiger partial charge is 0.490 e. The van der Waals surface area contributed by atoms with Crippen LogP contribution >= 0.6 is 0 Å². The van der Waals surface area contributed by atoms with Crippen LogP contribution in [0.3, 0.4) is 0 Å². The Morgan fingerprint density at radius 1 is 1.04 bits per heavy atom. The van der Waals surface area contributed by atoms with E-state index in [1.807, 2.05) is 32.0 Å². The summed E-state index contributed by atoms with van der Waals surface area (Å²) < 4.78 is 11.2. The van der Waals surface area contributed by atoms with Crippen molar-refractivity contribution in [3.63, 3.8) is 0 Å². The van der Waals surface area contributed by atoms with Gasteiger partial charge in [-0.2, -0.15) is 0 Å². The summed E-state index contributed by atoms with van der Waals surface area (Å²) in [5.74, 6) is 1.01. The molecule has 3 amide bonds. The number of amides is 3. The normalized spacial score (nSPS) is 15.1. The number of urea groups is 1.